The molecule has 0 aromatic heterocycles. The van der Waals surface area contributed by atoms with Crippen molar-refractivity contribution in [1.82, 2.24) is 0 Å². The maximum atomic E-state index is 12.1. The van der Waals surface area contributed by atoms with Gasteiger partial charge in [-0.25, -0.2) is 0 Å². The van der Waals surface area contributed by atoms with E-state index in [9.17, 15) is 4.79 Å². The highest BCUT2D eigenvalue weighted by Gasteiger charge is 2.23. The molecule has 19 heavy (non-hydrogen) atoms. The van der Waals surface area contributed by atoms with E-state index >= 15 is 0 Å². The summed E-state index contributed by atoms with van der Waals surface area (Å²) >= 11 is 0. The van der Waals surface area contributed by atoms with E-state index in [0.717, 1.165) is 25.2 Å². The number of rotatable bonds is 10. The Labute approximate surface area is 120 Å². The summed E-state index contributed by atoms with van der Waals surface area (Å²) in [6.07, 6.45) is 5.56. The fraction of sp³-hybridized carbons (Fsp3) is 0.941. The smallest absolute Gasteiger partial charge is 0.309 e. The van der Waals surface area contributed by atoms with Crippen molar-refractivity contribution in [2.45, 2.75) is 73.6 Å². The molecule has 0 rings (SSSR count). The molecule has 0 aliphatic carbocycles. The van der Waals surface area contributed by atoms with E-state index in [2.05, 4.69) is 41.5 Å². The molecule has 0 saturated carbocycles. The summed E-state index contributed by atoms with van der Waals surface area (Å²) in [5.41, 5.74) is 0. The molecule has 0 aromatic rings. The second kappa shape index (κ2) is 10.3. The van der Waals surface area contributed by atoms with Gasteiger partial charge in [-0.3, -0.25) is 4.79 Å². The minimum atomic E-state index is 0.0141. The molecular formula is C17H34O2. The zero-order chi connectivity index (χ0) is 14.8. The third kappa shape index (κ3) is 9.98. The van der Waals surface area contributed by atoms with Crippen LogP contribution >= 0.6 is 0 Å². The Bertz CT molecular complexity index is 231. The van der Waals surface area contributed by atoms with Gasteiger partial charge >= 0.3 is 5.97 Å². The average Bonchev–Trinajstić information content (AvgIpc) is 2.27. The van der Waals surface area contributed by atoms with Crippen LogP contribution in [0.25, 0.3) is 0 Å². The Morgan fingerprint density at radius 1 is 0.842 bits per heavy atom. The molecule has 0 radical (unpaired) electrons. The summed E-state index contributed by atoms with van der Waals surface area (Å²) in [7, 11) is 0. The van der Waals surface area contributed by atoms with Crippen molar-refractivity contribution >= 4 is 5.97 Å². The van der Waals surface area contributed by atoms with Crippen LogP contribution in [-0.4, -0.2) is 12.6 Å². The Morgan fingerprint density at radius 3 is 1.84 bits per heavy atom. The lowest BCUT2D eigenvalue weighted by molar-refractivity contribution is -0.150. The predicted molar refractivity (Wildman–Crippen MR) is 82.0 cm³/mol. The minimum absolute atomic E-state index is 0.0141. The summed E-state index contributed by atoms with van der Waals surface area (Å²) in [5.74, 6) is 1.83. The van der Waals surface area contributed by atoms with Crippen LogP contribution in [0.4, 0.5) is 0 Å². The van der Waals surface area contributed by atoms with Crippen LogP contribution in [0.3, 0.4) is 0 Å². The fourth-order valence-corrected chi connectivity index (χ4v) is 2.14. The summed E-state index contributed by atoms with van der Waals surface area (Å²) in [6, 6.07) is 0. The second-order valence-electron chi connectivity index (χ2n) is 6.88. The van der Waals surface area contributed by atoms with Gasteiger partial charge in [0.1, 0.15) is 0 Å². The van der Waals surface area contributed by atoms with Crippen LogP contribution in [0.1, 0.15) is 73.6 Å². The fourth-order valence-electron chi connectivity index (χ4n) is 2.14. The van der Waals surface area contributed by atoms with E-state index in [0.29, 0.717) is 18.4 Å². The third-order valence-electron chi connectivity index (χ3n) is 3.59. The van der Waals surface area contributed by atoms with Crippen molar-refractivity contribution in [2.24, 2.45) is 23.7 Å². The van der Waals surface area contributed by atoms with Crippen molar-refractivity contribution < 1.29 is 9.53 Å². The molecule has 2 nitrogen and oxygen atoms in total. The van der Waals surface area contributed by atoms with Crippen LogP contribution in [0.15, 0.2) is 0 Å². The Morgan fingerprint density at radius 2 is 1.37 bits per heavy atom. The molecule has 1 atom stereocenters. The Kier molecular flexibility index (Phi) is 9.99. The van der Waals surface area contributed by atoms with Crippen molar-refractivity contribution in [1.29, 1.82) is 0 Å². The lowest BCUT2D eigenvalue weighted by Gasteiger charge is -2.20. The zero-order valence-electron chi connectivity index (χ0n) is 13.9. The van der Waals surface area contributed by atoms with Gasteiger partial charge in [0.25, 0.3) is 0 Å². The van der Waals surface area contributed by atoms with Gasteiger partial charge in [-0.05, 0) is 30.6 Å². The van der Waals surface area contributed by atoms with Gasteiger partial charge < -0.3 is 4.74 Å². The summed E-state index contributed by atoms with van der Waals surface area (Å²) in [6.45, 7) is 13.6. The number of unbranched alkanes of at least 4 members (excludes halogenated alkanes) is 1. The summed E-state index contributed by atoms with van der Waals surface area (Å²) in [4.78, 5) is 12.1. The first kappa shape index (κ1) is 18.5. The Hall–Kier alpha value is -0.530. The topological polar surface area (TPSA) is 26.3 Å². The number of carbonyl (C=O) groups excluding carboxylic acids is 1. The highest BCUT2D eigenvalue weighted by molar-refractivity contribution is 5.72. The van der Waals surface area contributed by atoms with Crippen molar-refractivity contribution in [2.75, 3.05) is 6.61 Å². The molecule has 0 fully saturated rings. The largest absolute Gasteiger partial charge is 0.465 e. The molecule has 0 bridgehead atoms. The molecule has 0 saturated heterocycles. The molecule has 0 heterocycles. The molecular weight excluding hydrogens is 236 g/mol. The standard InChI is InChI=1S/C17H34O2/c1-13(2)9-7-8-10-16(15(5)6)17(18)19-12-11-14(3)4/h13-16H,7-12H2,1-6H3. The van der Waals surface area contributed by atoms with Crippen molar-refractivity contribution in [3.8, 4) is 0 Å². The molecule has 0 aliphatic rings. The molecule has 0 amide bonds. The molecule has 2 heteroatoms. The highest BCUT2D eigenvalue weighted by atomic mass is 16.5. The highest BCUT2D eigenvalue weighted by Crippen LogP contribution is 2.21. The van der Waals surface area contributed by atoms with E-state index in [1.807, 2.05) is 0 Å². The van der Waals surface area contributed by atoms with E-state index < -0.39 is 0 Å². The zero-order valence-corrected chi connectivity index (χ0v) is 13.9. The monoisotopic (exact) mass is 270 g/mol. The summed E-state index contributed by atoms with van der Waals surface area (Å²) in [5, 5.41) is 0. The quantitative estimate of drug-likeness (QED) is 0.409. The molecule has 0 aromatic carbocycles. The SMILES string of the molecule is CC(C)CCCCC(C(=O)OCCC(C)C)C(C)C. The molecule has 0 aliphatic heterocycles. The van der Waals surface area contributed by atoms with E-state index in [1.165, 1.54) is 12.8 Å². The third-order valence-corrected chi connectivity index (χ3v) is 3.59. The maximum Gasteiger partial charge on any atom is 0.309 e. The van der Waals surface area contributed by atoms with Crippen LogP contribution < -0.4 is 0 Å². The molecule has 0 N–H and O–H groups in total. The predicted octanol–water partition coefficient (Wildman–Crippen LogP) is 5.06. The first-order valence-electron chi connectivity index (χ1n) is 8.01. The summed E-state index contributed by atoms with van der Waals surface area (Å²) < 4.78 is 5.42. The molecule has 1 unspecified atom stereocenters. The van der Waals surface area contributed by atoms with Gasteiger partial charge in [0.05, 0.1) is 12.5 Å². The van der Waals surface area contributed by atoms with E-state index in [1.54, 1.807) is 0 Å². The van der Waals surface area contributed by atoms with E-state index in [-0.39, 0.29) is 11.9 Å². The van der Waals surface area contributed by atoms with Crippen molar-refractivity contribution in [3.63, 3.8) is 0 Å². The molecule has 114 valence electrons. The number of hydrogen-bond donors (Lipinski definition) is 0. The number of esters is 1. The molecule has 0 spiro atoms. The lowest BCUT2D eigenvalue weighted by atomic mass is 9.90. The first-order valence-corrected chi connectivity index (χ1v) is 8.01. The van der Waals surface area contributed by atoms with Crippen molar-refractivity contribution in [3.05, 3.63) is 0 Å². The van der Waals surface area contributed by atoms with E-state index in [4.69, 9.17) is 4.74 Å². The normalized spacial score (nSPS) is 13.3. The number of ether oxygens (including phenoxy) is 1. The van der Waals surface area contributed by atoms with Crippen LogP contribution in [0.5, 0.6) is 0 Å². The average molecular weight is 270 g/mol. The van der Waals surface area contributed by atoms with Crippen LogP contribution in [0, 0.1) is 23.7 Å². The maximum absolute atomic E-state index is 12.1. The van der Waals surface area contributed by atoms with Gasteiger partial charge in [0.15, 0.2) is 0 Å². The van der Waals surface area contributed by atoms with Gasteiger partial charge in [0.2, 0.25) is 0 Å². The van der Waals surface area contributed by atoms with Crippen LogP contribution in [0.2, 0.25) is 0 Å². The van der Waals surface area contributed by atoms with Gasteiger partial charge in [-0.1, -0.05) is 60.8 Å². The van der Waals surface area contributed by atoms with Crippen LogP contribution in [-0.2, 0) is 9.53 Å². The first-order chi connectivity index (χ1) is 8.84. The minimum Gasteiger partial charge on any atom is -0.465 e. The van der Waals surface area contributed by atoms with Gasteiger partial charge in [-0.2, -0.15) is 0 Å². The van der Waals surface area contributed by atoms with Gasteiger partial charge in [0, 0.05) is 0 Å². The van der Waals surface area contributed by atoms with Gasteiger partial charge in [-0.15, -0.1) is 0 Å². The Balaban J connectivity index is 3.99. The second-order valence-corrected chi connectivity index (χ2v) is 6.88. The lowest BCUT2D eigenvalue weighted by Crippen LogP contribution is -2.23. The number of carbonyl (C=O) groups is 1. The number of hydrogen-bond acceptors (Lipinski definition) is 2.